The fourth-order valence-electron chi connectivity index (χ4n) is 2.65. The lowest BCUT2D eigenvalue weighted by Gasteiger charge is -2.20. The standard InChI is InChI=1S/C14H7FN2O7S/c15-5-1-2-6-7(3-5)14(19)10-8(17(20)21)4-9(25(22,23)24)12(16)11(10)13(6)18/h1-4H,16H2,(H,22,23,24). The summed E-state index contributed by atoms with van der Waals surface area (Å²) < 4.78 is 45.4. The number of anilines is 1. The van der Waals surface area contributed by atoms with Gasteiger partial charge >= 0.3 is 0 Å². The second-order valence-electron chi connectivity index (χ2n) is 5.14. The summed E-state index contributed by atoms with van der Waals surface area (Å²) in [6.45, 7) is 0. The molecule has 0 radical (unpaired) electrons. The molecule has 25 heavy (non-hydrogen) atoms. The Balaban J connectivity index is 2.49. The Morgan fingerprint density at radius 2 is 1.68 bits per heavy atom. The van der Waals surface area contributed by atoms with E-state index in [1.54, 1.807) is 0 Å². The predicted molar refractivity (Wildman–Crippen MR) is 80.6 cm³/mol. The van der Waals surface area contributed by atoms with E-state index in [9.17, 15) is 37.1 Å². The molecule has 0 saturated heterocycles. The highest BCUT2D eigenvalue weighted by atomic mass is 32.2. The van der Waals surface area contributed by atoms with Gasteiger partial charge in [-0.2, -0.15) is 8.42 Å². The number of ketones is 2. The maximum atomic E-state index is 13.4. The normalized spacial score (nSPS) is 13.4. The summed E-state index contributed by atoms with van der Waals surface area (Å²) in [6.07, 6.45) is 0. The summed E-state index contributed by atoms with van der Waals surface area (Å²) in [6, 6.07) is 3.01. The van der Waals surface area contributed by atoms with Crippen molar-refractivity contribution in [3.63, 3.8) is 0 Å². The van der Waals surface area contributed by atoms with Gasteiger partial charge in [-0.3, -0.25) is 24.3 Å². The van der Waals surface area contributed by atoms with Gasteiger partial charge in [0.05, 0.1) is 16.2 Å². The molecule has 0 spiro atoms. The second-order valence-corrected chi connectivity index (χ2v) is 6.53. The molecule has 0 heterocycles. The van der Waals surface area contributed by atoms with Gasteiger partial charge in [-0.1, -0.05) is 0 Å². The number of carbonyl (C=O) groups is 2. The highest BCUT2D eigenvalue weighted by molar-refractivity contribution is 7.86. The molecule has 2 aromatic carbocycles. The van der Waals surface area contributed by atoms with E-state index in [4.69, 9.17) is 5.73 Å². The topological polar surface area (TPSA) is 158 Å². The van der Waals surface area contributed by atoms with E-state index in [1.807, 2.05) is 0 Å². The quantitative estimate of drug-likeness (QED) is 0.297. The van der Waals surface area contributed by atoms with Crippen LogP contribution >= 0.6 is 0 Å². The summed E-state index contributed by atoms with van der Waals surface area (Å²) in [4.78, 5) is 34.2. The van der Waals surface area contributed by atoms with Crippen molar-refractivity contribution < 1.29 is 31.9 Å². The molecule has 0 aliphatic heterocycles. The van der Waals surface area contributed by atoms with Crippen LogP contribution in [0.1, 0.15) is 31.8 Å². The van der Waals surface area contributed by atoms with Crippen molar-refractivity contribution in [2.45, 2.75) is 4.90 Å². The van der Waals surface area contributed by atoms with Crippen LogP contribution in [0.25, 0.3) is 0 Å². The van der Waals surface area contributed by atoms with Crippen molar-refractivity contribution in [3.05, 3.63) is 62.5 Å². The molecule has 1 aliphatic carbocycles. The first-order valence-electron chi connectivity index (χ1n) is 6.51. The van der Waals surface area contributed by atoms with E-state index in [0.29, 0.717) is 6.07 Å². The number of nitrogen functional groups attached to an aromatic ring is 1. The van der Waals surface area contributed by atoms with Gasteiger partial charge in [0.1, 0.15) is 16.3 Å². The van der Waals surface area contributed by atoms with Gasteiger partial charge in [0.15, 0.2) is 5.78 Å². The zero-order chi connectivity index (χ0) is 18.7. The summed E-state index contributed by atoms with van der Waals surface area (Å²) in [7, 11) is -5.00. The second kappa shape index (κ2) is 5.16. The molecule has 0 amide bonds. The van der Waals surface area contributed by atoms with Crippen molar-refractivity contribution in [2.75, 3.05) is 5.73 Å². The third kappa shape index (κ3) is 2.37. The zero-order valence-electron chi connectivity index (χ0n) is 12.0. The fraction of sp³-hybridized carbons (Fsp3) is 0. The van der Waals surface area contributed by atoms with Crippen LogP contribution in [0.3, 0.4) is 0 Å². The molecule has 1 aliphatic rings. The lowest BCUT2D eigenvalue weighted by Crippen LogP contribution is -2.25. The van der Waals surface area contributed by atoms with Crippen LogP contribution < -0.4 is 5.73 Å². The van der Waals surface area contributed by atoms with Crippen molar-refractivity contribution >= 4 is 33.1 Å². The number of benzene rings is 2. The predicted octanol–water partition coefficient (Wildman–Crippen LogP) is 1.34. The molecule has 11 heteroatoms. The summed E-state index contributed by atoms with van der Waals surface area (Å²) in [5, 5.41) is 11.2. The highest BCUT2D eigenvalue weighted by Crippen LogP contribution is 2.39. The number of hydrogen-bond donors (Lipinski definition) is 2. The molecular weight excluding hydrogens is 359 g/mol. The van der Waals surface area contributed by atoms with Crippen molar-refractivity contribution in [1.82, 2.24) is 0 Å². The molecule has 0 atom stereocenters. The molecule has 128 valence electrons. The van der Waals surface area contributed by atoms with Gasteiger partial charge in [0, 0.05) is 17.2 Å². The molecule has 0 fully saturated rings. The van der Waals surface area contributed by atoms with Crippen LogP contribution in [-0.2, 0) is 10.1 Å². The van der Waals surface area contributed by atoms with Crippen LogP contribution in [-0.4, -0.2) is 29.5 Å². The summed E-state index contributed by atoms with van der Waals surface area (Å²) in [5.74, 6) is -2.88. The van der Waals surface area contributed by atoms with Crippen LogP contribution in [0.5, 0.6) is 0 Å². The van der Waals surface area contributed by atoms with Crippen molar-refractivity contribution in [3.8, 4) is 0 Å². The van der Waals surface area contributed by atoms with Gasteiger partial charge < -0.3 is 5.73 Å². The molecule has 0 aromatic heterocycles. The van der Waals surface area contributed by atoms with E-state index < -0.39 is 65.4 Å². The van der Waals surface area contributed by atoms with Crippen LogP contribution in [0, 0.1) is 15.9 Å². The first-order chi connectivity index (χ1) is 11.5. The monoisotopic (exact) mass is 366 g/mol. The number of hydrogen-bond acceptors (Lipinski definition) is 7. The van der Waals surface area contributed by atoms with E-state index >= 15 is 0 Å². The fourth-order valence-corrected chi connectivity index (χ4v) is 3.30. The third-order valence-electron chi connectivity index (χ3n) is 3.71. The van der Waals surface area contributed by atoms with Gasteiger partial charge in [-0.25, -0.2) is 4.39 Å². The van der Waals surface area contributed by atoms with Crippen LogP contribution in [0.15, 0.2) is 29.2 Å². The number of carbonyl (C=O) groups excluding carboxylic acids is 2. The number of nitrogens with two attached hydrogens (primary N) is 1. The Labute approximate surface area is 138 Å². The summed E-state index contributed by atoms with van der Waals surface area (Å²) >= 11 is 0. The van der Waals surface area contributed by atoms with Crippen molar-refractivity contribution in [2.24, 2.45) is 0 Å². The van der Waals surface area contributed by atoms with Gasteiger partial charge in [-0.05, 0) is 18.2 Å². The Morgan fingerprint density at radius 1 is 1.08 bits per heavy atom. The van der Waals surface area contributed by atoms with E-state index in [2.05, 4.69) is 0 Å². The average Bonchev–Trinajstić information content (AvgIpc) is 2.50. The first kappa shape index (κ1) is 16.7. The molecule has 0 unspecified atom stereocenters. The largest absolute Gasteiger partial charge is 0.397 e. The van der Waals surface area contributed by atoms with Gasteiger partial charge in [0.2, 0.25) is 5.78 Å². The van der Waals surface area contributed by atoms with Crippen LogP contribution in [0.4, 0.5) is 15.8 Å². The van der Waals surface area contributed by atoms with E-state index in [-0.39, 0.29) is 5.56 Å². The Bertz CT molecular complexity index is 1110. The number of nitro groups is 1. The minimum absolute atomic E-state index is 0.285. The minimum Gasteiger partial charge on any atom is -0.397 e. The van der Waals surface area contributed by atoms with Crippen molar-refractivity contribution in [1.29, 1.82) is 0 Å². The molecule has 2 aromatic rings. The average molecular weight is 366 g/mol. The van der Waals surface area contributed by atoms with Gasteiger partial charge in [0.25, 0.3) is 15.8 Å². The number of nitrogens with zero attached hydrogens (tertiary/aromatic N) is 1. The number of halogens is 1. The maximum Gasteiger partial charge on any atom is 0.296 e. The van der Waals surface area contributed by atoms with E-state index in [1.165, 1.54) is 0 Å². The lowest BCUT2D eigenvalue weighted by molar-refractivity contribution is -0.385. The molecule has 0 bridgehead atoms. The van der Waals surface area contributed by atoms with Crippen LogP contribution in [0.2, 0.25) is 0 Å². The van der Waals surface area contributed by atoms with E-state index in [0.717, 1.165) is 18.2 Å². The SMILES string of the molecule is Nc1c(S(=O)(=O)O)cc([N+](=O)[O-])c2c1C(=O)c1ccc(F)cc1C2=O. The highest BCUT2D eigenvalue weighted by Gasteiger charge is 2.40. The Hall–Kier alpha value is -3.18. The smallest absolute Gasteiger partial charge is 0.296 e. The number of nitro benzene ring substituents is 1. The molecular formula is C14H7FN2O7S. The third-order valence-corrected chi connectivity index (χ3v) is 4.60. The molecule has 0 saturated carbocycles. The minimum atomic E-state index is -5.00. The molecule has 3 rings (SSSR count). The molecule has 9 nitrogen and oxygen atoms in total. The zero-order valence-corrected chi connectivity index (χ0v) is 12.8. The number of rotatable bonds is 2. The Kier molecular flexibility index (Phi) is 3.44. The first-order valence-corrected chi connectivity index (χ1v) is 7.95. The summed E-state index contributed by atoms with van der Waals surface area (Å²) in [5.41, 5.74) is 1.60. The van der Waals surface area contributed by atoms with Gasteiger partial charge in [-0.15, -0.1) is 0 Å². The maximum absolute atomic E-state index is 13.4. The number of fused-ring (bicyclic) bond motifs is 2. The lowest BCUT2D eigenvalue weighted by atomic mass is 9.82. The molecule has 3 N–H and O–H groups in total. The Morgan fingerprint density at radius 3 is 2.24 bits per heavy atom.